The van der Waals surface area contributed by atoms with E-state index in [1.165, 1.54) is 17.4 Å². The van der Waals surface area contributed by atoms with Gasteiger partial charge in [0.1, 0.15) is 10.5 Å². The van der Waals surface area contributed by atoms with Crippen molar-refractivity contribution in [2.75, 3.05) is 25.1 Å². The quantitative estimate of drug-likeness (QED) is 0.637. The Balaban J connectivity index is 1.58. The Morgan fingerprint density at radius 2 is 2.24 bits per heavy atom. The summed E-state index contributed by atoms with van der Waals surface area (Å²) in [5, 5.41) is 6.86. The maximum Gasteiger partial charge on any atom is 0.271 e. The number of aryl methyl sites for hydroxylation is 1. The predicted molar refractivity (Wildman–Crippen MR) is 107 cm³/mol. The van der Waals surface area contributed by atoms with Crippen LogP contribution in [-0.2, 0) is 4.74 Å². The summed E-state index contributed by atoms with van der Waals surface area (Å²) >= 11 is 1.38. The minimum Gasteiger partial charge on any atom is -0.381 e. The van der Waals surface area contributed by atoms with Crippen molar-refractivity contribution >= 4 is 33.5 Å². The number of rotatable bonds is 6. The molecule has 29 heavy (non-hydrogen) atoms. The molecule has 4 rings (SSSR count). The standard InChI is InChI=1S/C19H21FN6O2S/c1-10(13-5-14(20)8-21-7-13)23-19-25-15(16-17(26-19)24-11(2)29-16)18(27)22-6-12-3-4-28-9-12/h5,7-8,10,12H,3-4,6,9H2,1-2H3,(H,22,27)(H,23,25,26)/t10?,12-/m0/s1. The summed E-state index contributed by atoms with van der Waals surface area (Å²) in [6.07, 6.45) is 3.66. The fraction of sp³-hybridized carbons (Fsp3) is 0.421. The van der Waals surface area contributed by atoms with Crippen molar-refractivity contribution in [1.29, 1.82) is 0 Å². The number of carbonyl (C=O) groups excluding carboxylic acids is 1. The molecule has 1 aliphatic rings. The van der Waals surface area contributed by atoms with Gasteiger partial charge in [0, 0.05) is 25.3 Å². The van der Waals surface area contributed by atoms with Crippen molar-refractivity contribution in [3.63, 3.8) is 0 Å². The predicted octanol–water partition coefficient (Wildman–Crippen LogP) is 2.87. The number of amides is 1. The van der Waals surface area contributed by atoms with E-state index in [0.29, 0.717) is 35.0 Å². The number of thiazole rings is 1. The molecular formula is C19H21FN6O2S. The van der Waals surface area contributed by atoms with E-state index in [0.717, 1.165) is 24.2 Å². The molecule has 1 unspecified atom stereocenters. The topological polar surface area (TPSA) is 102 Å². The van der Waals surface area contributed by atoms with Gasteiger partial charge in [0.2, 0.25) is 5.95 Å². The Morgan fingerprint density at radius 3 is 3.00 bits per heavy atom. The van der Waals surface area contributed by atoms with E-state index in [1.807, 2.05) is 13.8 Å². The molecule has 2 N–H and O–H groups in total. The number of nitrogens with zero attached hydrogens (tertiary/aromatic N) is 4. The molecule has 8 nitrogen and oxygen atoms in total. The van der Waals surface area contributed by atoms with Crippen LogP contribution in [-0.4, -0.2) is 45.6 Å². The van der Waals surface area contributed by atoms with Crippen LogP contribution >= 0.6 is 11.3 Å². The molecule has 3 aromatic heterocycles. The second-order valence-corrected chi connectivity index (χ2v) is 8.23. The highest BCUT2D eigenvalue weighted by Crippen LogP contribution is 2.26. The van der Waals surface area contributed by atoms with E-state index < -0.39 is 5.82 Å². The van der Waals surface area contributed by atoms with Crippen LogP contribution in [0.3, 0.4) is 0 Å². The van der Waals surface area contributed by atoms with Gasteiger partial charge in [0.15, 0.2) is 11.3 Å². The average molecular weight is 416 g/mol. The summed E-state index contributed by atoms with van der Waals surface area (Å²) in [6.45, 7) is 5.63. The first-order valence-corrected chi connectivity index (χ1v) is 10.2. The lowest BCUT2D eigenvalue weighted by Crippen LogP contribution is -2.30. The van der Waals surface area contributed by atoms with Gasteiger partial charge in [-0.15, -0.1) is 11.3 Å². The number of hydrogen-bond donors (Lipinski definition) is 2. The van der Waals surface area contributed by atoms with Crippen molar-refractivity contribution in [1.82, 2.24) is 25.3 Å². The van der Waals surface area contributed by atoms with Gasteiger partial charge >= 0.3 is 0 Å². The number of fused-ring (bicyclic) bond motifs is 1. The van der Waals surface area contributed by atoms with E-state index in [2.05, 4.69) is 30.6 Å². The minimum absolute atomic E-state index is 0.258. The second kappa shape index (κ2) is 8.34. The molecule has 1 fully saturated rings. The molecule has 0 spiro atoms. The molecule has 0 aliphatic carbocycles. The zero-order chi connectivity index (χ0) is 20.4. The van der Waals surface area contributed by atoms with Crippen molar-refractivity contribution in [3.8, 4) is 0 Å². The number of nitrogens with one attached hydrogen (secondary N) is 2. The van der Waals surface area contributed by atoms with E-state index in [9.17, 15) is 9.18 Å². The van der Waals surface area contributed by atoms with Crippen LogP contribution in [0, 0.1) is 18.7 Å². The number of anilines is 1. The van der Waals surface area contributed by atoms with Gasteiger partial charge in [-0.05, 0) is 31.9 Å². The van der Waals surface area contributed by atoms with E-state index in [4.69, 9.17) is 4.74 Å². The summed E-state index contributed by atoms with van der Waals surface area (Å²) in [6, 6.07) is 1.09. The van der Waals surface area contributed by atoms with Crippen molar-refractivity contribution < 1.29 is 13.9 Å². The van der Waals surface area contributed by atoms with Crippen LogP contribution in [0.25, 0.3) is 10.3 Å². The Labute approximate surface area is 171 Å². The molecule has 2 atom stereocenters. The number of pyridine rings is 1. The molecule has 4 heterocycles. The lowest BCUT2D eigenvalue weighted by Gasteiger charge is -2.15. The van der Waals surface area contributed by atoms with Crippen LogP contribution < -0.4 is 10.6 Å². The van der Waals surface area contributed by atoms with Crippen molar-refractivity contribution in [3.05, 3.63) is 40.5 Å². The van der Waals surface area contributed by atoms with Crippen LogP contribution in [0.5, 0.6) is 0 Å². The number of ether oxygens (including phenoxy) is 1. The van der Waals surface area contributed by atoms with E-state index in [1.54, 1.807) is 6.20 Å². The van der Waals surface area contributed by atoms with Gasteiger partial charge in [-0.2, -0.15) is 4.98 Å². The Hall–Kier alpha value is -2.72. The Morgan fingerprint density at radius 1 is 1.38 bits per heavy atom. The van der Waals surface area contributed by atoms with Crippen LogP contribution in [0.15, 0.2) is 18.5 Å². The largest absolute Gasteiger partial charge is 0.381 e. The SMILES string of the molecule is Cc1nc2nc(NC(C)c3cncc(F)c3)nc(C(=O)NC[C@@H]3CCOC3)c2s1. The summed E-state index contributed by atoms with van der Waals surface area (Å²) in [5.41, 5.74) is 1.39. The molecule has 1 amide bonds. The maximum absolute atomic E-state index is 13.5. The smallest absolute Gasteiger partial charge is 0.271 e. The van der Waals surface area contributed by atoms with Gasteiger partial charge in [0.05, 0.1) is 23.9 Å². The molecule has 1 saturated heterocycles. The first-order valence-electron chi connectivity index (χ1n) is 9.37. The number of halogens is 1. The third-order valence-electron chi connectivity index (χ3n) is 4.72. The molecule has 10 heteroatoms. The normalized spacial score (nSPS) is 17.4. The first kappa shape index (κ1) is 19.6. The molecule has 0 saturated carbocycles. The van der Waals surface area contributed by atoms with Crippen LogP contribution in [0.2, 0.25) is 0 Å². The molecule has 0 aromatic carbocycles. The van der Waals surface area contributed by atoms with E-state index >= 15 is 0 Å². The molecule has 0 bridgehead atoms. The lowest BCUT2D eigenvalue weighted by atomic mass is 10.1. The average Bonchev–Trinajstić information content (AvgIpc) is 3.34. The van der Waals surface area contributed by atoms with Gasteiger partial charge in [-0.3, -0.25) is 9.78 Å². The number of aromatic nitrogens is 4. The first-order chi connectivity index (χ1) is 14.0. The highest BCUT2D eigenvalue weighted by atomic mass is 32.1. The van der Waals surface area contributed by atoms with Crippen LogP contribution in [0.4, 0.5) is 10.3 Å². The second-order valence-electron chi connectivity index (χ2n) is 7.02. The molecule has 3 aromatic rings. The van der Waals surface area contributed by atoms with Gasteiger partial charge in [0.25, 0.3) is 5.91 Å². The highest BCUT2D eigenvalue weighted by molar-refractivity contribution is 7.18. The van der Waals surface area contributed by atoms with Gasteiger partial charge in [-0.25, -0.2) is 14.4 Å². The molecule has 1 aliphatic heterocycles. The molecule has 152 valence electrons. The zero-order valence-corrected chi connectivity index (χ0v) is 16.9. The van der Waals surface area contributed by atoms with Crippen molar-refractivity contribution in [2.24, 2.45) is 5.92 Å². The Kier molecular flexibility index (Phi) is 5.63. The van der Waals surface area contributed by atoms with Gasteiger partial charge in [-0.1, -0.05) is 0 Å². The highest BCUT2D eigenvalue weighted by Gasteiger charge is 2.22. The van der Waals surface area contributed by atoms with Crippen LogP contribution in [0.1, 0.15) is 40.4 Å². The van der Waals surface area contributed by atoms with E-state index in [-0.39, 0.29) is 23.6 Å². The third kappa shape index (κ3) is 4.48. The van der Waals surface area contributed by atoms with Crippen molar-refractivity contribution in [2.45, 2.75) is 26.3 Å². The maximum atomic E-state index is 13.5. The summed E-state index contributed by atoms with van der Waals surface area (Å²) in [4.78, 5) is 30.0. The van der Waals surface area contributed by atoms with Gasteiger partial charge < -0.3 is 15.4 Å². The minimum atomic E-state index is -0.418. The number of carbonyl (C=O) groups is 1. The zero-order valence-electron chi connectivity index (χ0n) is 16.1. The third-order valence-corrected chi connectivity index (χ3v) is 5.69. The number of hydrogen-bond acceptors (Lipinski definition) is 8. The molecule has 0 radical (unpaired) electrons. The summed E-state index contributed by atoms with van der Waals surface area (Å²) in [5.74, 6) is -0.110. The summed E-state index contributed by atoms with van der Waals surface area (Å²) < 4.78 is 19.5. The molecular weight excluding hydrogens is 395 g/mol. The Bertz CT molecular complexity index is 1040. The lowest BCUT2D eigenvalue weighted by molar-refractivity contribution is 0.0942. The fourth-order valence-electron chi connectivity index (χ4n) is 3.15. The monoisotopic (exact) mass is 416 g/mol. The fourth-order valence-corrected chi connectivity index (χ4v) is 4.00. The summed E-state index contributed by atoms with van der Waals surface area (Å²) in [7, 11) is 0.